The van der Waals surface area contributed by atoms with Gasteiger partial charge in [-0.3, -0.25) is 0 Å². The molecule has 0 unspecified atom stereocenters. The Morgan fingerprint density at radius 1 is 0.324 bits per heavy atom. The van der Waals surface area contributed by atoms with Gasteiger partial charge in [-0.1, -0.05) is 36.4 Å². The monoisotopic (exact) mass is 918 g/mol. The number of benzene rings is 1. The first-order chi connectivity index (χ1) is 33.0. The SMILES string of the molecule is CCOC(=O)c1cc(C(=O)OCC)c2ccc(Nc3ccc(N(c4ccc5c(C(=O)OCC)cc(C(=O)OCC)c-5cc4)c4ccc5c(C(=O)OCC)cc(C(=O)OCC)c-5cc4)cc3)ccc1-2. The van der Waals surface area contributed by atoms with Crippen molar-refractivity contribution in [3.63, 3.8) is 0 Å². The lowest BCUT2D eigenvalue weighted by Crippen LogP contribution is -2.09. The second kappa shape index (κ2) is 21.4. The van der Waals surface area contributed by atoms with Crippen LogP contribution in [0.15, 0.2) is 115 Å². The third-order valence-corrected chi connectivity index (χ3v) is 10.9. The summed E-state index contributed by atoms with van der Waals surface area (Å²) in [6.45, 7) is 11.1. The average molecular weight is 919 g/mol. The van der Waals surface area contributed by atoms with E-state index in [0.717, 1.165) is 0 Å². The van der Waals surface area contributed by atoms with E-state index in [1.54, 1.807) is 90.1 Å². The predicted molar refractivity (Wildman–Crippen MR) is 256 cm³/mol. The van der Waals surface area contributed by atoms with Crippen LogP contribution in [0, 0.1) is 0 Å². The van der Waals surface area contributed by atoms with Gasteiger partial charge in [-0.15, -0.1) is 0 Å². The number of carbonyl (C=O) groups is 6. The normalized spacial score (nSPS) is 10.9. The summed E-state index contributed by atoms with van der Waals surface area (Å²) in [6, 6.07) is 33.4. The second-order valence-corrected chi connectivity index (χ2v) is 15.0. The van der Waals surface area contributed by atoms with E-state index in [-0.39, 0.29) is 73.0 Å². The molecule has 0 aliphatic heterocycles. The summed E-state index contributed by atoms with van der Waals surface area (Å²) in [5.41, 5.74) is 7.56. The predicted octanol–water partition coefficient (Wildman–Crippen LogP) is 11.3. The number of esters is 6. The van der Waals surface area contributed by atoms with Crippen LogP contribution in [0.25, 0.3) is 33.4 Å². The van der Waals surface area contributed by atoms with Gasteiger partial charge in [-0.2, -0.15) is 0 Å². The molecule has 14 nitrogen and oxygen atoms in total. The molecule has 0 spiro atoms. The average Bonchev–Trinajstić information content (AvgIpc) is 3.83. The number of hydrogen-bond acceptors (Lipinski definition) is 14. The number of ether oxygens (including phenoxy) is 6. The van der Waals surface area contributed by atoms with Crippen LogP contribution in [0.1, 0.15) is 104 Å². The quantitative estimate of drug-likeness (QED) is 0.0675. The Morgan fingerprint density at radius 2 is 0.515 bits per heavy atom. The van der Waals surface area contributed by atoms with E-state index in [1.165, 1.54) is 18.2 Å². The van der Waals surface area contributed by atoms with Crippen molar-refractivity contribution >= 4 is 64.3 Å². The van der Waals surface area contributed by atoms with Crippen molar-refractivity contribution in [2.24, 2.45) is 0 Å². The Kier molecular flexibility index (Phi) is 15.0. The second-order valence-electron chi connectivity index (χ2n) is 15.0. The molecule has 6 aliphatic carbocycles. The Balaban J connectivity index is 1.36. The van der Waals surface area contributed by atoms with Gasteiger partial charge in [0.05, 0.1) is 73.0 Å². The maximum Gasteiger partial charge on any atom is 0.338 e. The topological polar surface area (TPSA) is 173 Å². The summed E-state index contributed by atoms with van der Waals surface area (Å²) >= 11 is 0. The lowest BCUT2D eigenvalue weighted by molar-refractivity contribution is 0.0511. The van der Waals surface area contributed by atoms with Gasteiger partial charge < -0.3 is 38.6 Å². The molecule has 7 rings (SSSR count). The van der Waals surface area contributed by atoms with E-state index < -0.39 is 35.8 Å². The standard InChI is InChI=1S/C54H50N2O12/c1-7-63-49(57)43-29-44(50(58)64-8-2)38-24-16-33(15-23-37(38)43)55-32-13-17-34(18-14-32)56(35-19-25-39-40(26-20-35)46(52(60)66-10-4)30-45(39)51(59)65-9-3)36-21-27-41-42(28-22-36)48(54(62)68-12-6)31-47(41)53(61)67-11-5/h13-31,55H,7-12H2,1-6H3. The summed E-state index contributed by atoms with van der Waals surface area (Å²) in [6.07, 6.45) is 0. The van der Waals surface area contributed by atoms with E-state index in [2.05, 4.69) is 5.32 Å². The molecule has 0 saturated heterocycles. The number of rotatable bonds is 17. The van der Waals surface area contributed by atoms with E-state index in [4.69, 9.17) is 28.4 Å². The molecular weight excluding hydrogens is 869 g/mol. The smallest absolute Gasteiger partial charge is 0.338 e. The number of hydrogen-bond donors (Lipinski definition) is 1. The van der Waals surface area contributed by atoms with Crippen LogP contribution in [0.3, 0.4) is 0 Å². The molecule has 0 aromatic heterocycles. The Morgan fingerprint density at radius 3 is 0.735 bits per heavy atom. The van der Waals surface area contributed by atoms with Gasteiger partial charge in [-0.05, 0) is 154 Å². The fourth-order valence-corrected chi connectivity index (χ4v) is 7.99. The molecule has 0 bridgehead atoms. The molecule has 0 radical (unpaired) electrons. The molecule has 0 amide bonds. The third kappa shape index (κ3) is 9.80. The number of nitrogens with zero attached hydrogens (tertiary/aromatic N) is 1. The van der Waals surface area contributed by atoms with Crippen molar-refractivity contribution in [2.45, 2.75) is 41.5 Å². The highest BCUT2D eigenvalue weighted by atomic mass is 16.6. The molecule has 1 aromatic rings. The molecular formula is C54H50N2O12. The zero-order valence-corrected chi connectivity index (χ0v) is 38.6. The van der Waals surface area contributed by atoms with Gasteiger partial charge in [0.1, 0.15) is 0 Å². The third-order valence-electron chi connectivity index (χ3n) is 10.9. The largest absolute Gasteiger partial charge is 0.462 e. The minimum atomic E-state index is -0.588. The van der Waals surface area contributed by atoms with Crippen molar-refractivity contribution in [1.82, 2.24) is 0 Å². The van der Waals surface area contributed by atoms with Crippen LogP contribution in [-0.2, 0) is 28.4 Å². The van der Waals surface area contributed by atoms with Crippen molar-refractivity contribution in [3.8, 4) is 33.4 Å². The molecule has 348 valence electrons. The highest BCUT2D eigenvalue weighted by Crippen LogP contribution is 2.42. The molecule has 0 fully saturated rings. The molecule has 1 aromatic carbocycles. The van der Waals surface area contributed by atoms with Crippen LogP contribution < -0.4 is 10.2 Å². The molecule has 0 saturated carbocycles. The number of nitrogens with one attached hydrogen (secondary N) is 1. The highest BCUT2D eigenvalue weighted by molar-refractivity contribution is 6.10. The van der Waals surface area contributed by atoms with Crippen LogP contribution in [-0.4, -0.2) is 75.5 Å². The van der Waals surface area contributed by atoms with E-state index in [0.29, 0.717) is 61.8 Å². The minimum absolute atomic E-state index is 0.133. The fraction of sp³-hybridized carbons (Fsp3) is 0.222. The van der Waals surface area contributed by atoms with Crippen LogP contribution >= 0.6 is 0 Å². The highest BCUT2D eigenvalue weighted by Gasteiger charge is 2.29. The summed E-state index contributed by atoms with van der Waals surface area (Å²) in [4.78, 5) is 80.8. The first-order valence-electron chi connectivity index (χ1n) is 22.4. The van der Waals surface area contributed by atoms with E-state index >= 15 is 0 Å². The van der Waals surface area contributed by atoms with Gasteiger partial charge in [0.2, 0.25) is 0 Å². The van der Waals surface area contributed by atoms with Gasteiger partial charge >= 0.3 is 35.8 Å². The summed E-state index contributed by atoms with van der Waals surface area (Å²) in [7, 11) is 0. The van der Waals surface area contributed by atoms with E-state index in [1.807, 2.05) is 53.4 Å². The first kappa shape index (κ1) is 47.7. The minimum Gasteiger partial charge on any atom is -0.462 e. The molecule has 68 heavy (non-hydrogen) atoms. The molecule has 6 aliphatic rings. The van der Waals surface area contributed by atoms with Crippen LogP contribution in [0.5, 0.6) is 0 Å². The Labute approximate surface area is 393 Å². The van der Waals surface area contributed by atoms with Gasteiger partial charge in [0.15, 0.2) is 0 Å². The van der Waals surface area contributed by atoms with Crippen molar-refractivity contribution in [2.75, 3.05) is 49.9 Å². The maximum absolute atomic E-state index is 13.2. The lowest BCUT2D eigenvalue weighted by atomic mass is 10.1. The number of fused-ring (bicyclic) bond motifs is 3. The van der Waals surface area contributed by atoms with Gasteiger partial charge in [0.25, 0.3) is 0 Å². The maximum atomic E-state index is 13.2. The van der Waals surface area contributed by atoms with Crippen LogP contribution in [0.4, 0.5) is 28.4 Å². The van der Waals surface area contributed by atoms with Crippen molar-refractivity contribution in [1.29, 1.82) is 0 Å². The van der Waals surface area contributed by atoms with Gasteiger partial charge in [-0.25, -0.2) is 28.8 Å². The van der Waals surface area contributed by atoms with Gasteiger partial charge in [0, 0.05) is 28.4 Å². The number of anilines is 5. The molecule has 0 atom stereocenters. The zero-order chi connectivity index (χ0) is 48.5. The zero-order valence-electron chi connectivity index (χ0n) is 38.6. The Bertz CT molecular complexity index is 2650. The number of carbonyl (C=O) groups excluding carboxylic acids is 6. The first-order valence-corrected chi connectivity index (χ1v) is 22.4. The van der Waals surface area contributed by atoms with E-state index in [9.17, 15) is 28.8 Å². The van der Waals surface area contributed by atoms with Crippen LogP contribution in [0.2, 0.25) is 0 Å². The Hall–Kier alpha value is -8.26. The summed E-state index contributed by atoms with van der Waals surface area (Å²) in [5.74, 6) is -3.46. The fourth-order valence-electron chi connectivity index (χ4n) is 7.99. The molecule has 14 heteroatoms. The van der Waals surface area contributed by atoms with Crippen molar-refractivity contribution in [3.05, 3.63) is 149 Å². The van der Waals surface area contributed by atoms with Crippen molar-refractivity contribution < 1.29 is 57.2 Å². The molecule has 0 heterocycles. The lowest BCUT2D eigenvalue weighted by Gasteiger charge is -2.24. The summed E-state index contributed by atoms with van der Waals surface area (Å²) < 4.78 is 32.1. The summed E-state index contributed by atoms with van der Waals surface area (Å²) in [5, 5.41) is 3.41. The molecule has 1 N–H and O–H groups in total.